The molecule has 0 unspecified atom stereocenters. The van der Waals surface area contributed by atoms with Crippen LogP contribution >= 0.6 is 0 Å². The fourth-order valence-corrected chi connectivity index (χ4v) is 1.94. The summed E-state index contributed by atoms with van der Waals surface area (Å²) in [5.41, 5.74) is 4.07. The van der Waals surface area contributed by atoms with Gasteiger partial charge in [-0.05, 0) is 29.7 Å². The van der Waals surface area contributed by atoms with Crippen molar-refractivity contribution in [2.45, 2.75) is 13.0 Å². The summed E-state index contributed by atoms with van der Waals surface area (Å²) in [7, 11) is 0. The van der Waals surface area contributed by atoms with Crippen molar-refractivity contribution >= 4 is 5.69 Å². The van der Waals surface area contributed by atoms with Crippen LogP contribution in [0, 0.1) is 12.3 Å². The third-order valence-electron chi connectivity index (χ3n) is 2.97. The number of benzene rings is 2. The van der Waals surface area contributed by atoms with E-state index in [9.17, 15) is 0 Å². The molecule has 0 spiro atoms. The minimum Gasteiger partial charge on any atom is -0.396 e. The van der Waals surface area contributed by atoms with Gasteiger partial charge < -0.3 is 10.4 Å². The molecule has 2 heteroatoms. The van der Waals surface area contributed by atoms with Gasteiger partial charge in [0.15, 0.2) is 0 Å². The van der Waals surface area contributed by atoms with Crippen LogP contribution in [-0.4, -0.2) is 11.7 Å². The van der Waals surface area contributed by atoms with Crippen molar-refractivity contribution in [2.24, 2.45) is 0 Å². The largest absolute Gasteiger partial charge is 0.396 e. The predicted octanol–water partition coefficient (Wildman–Crippen LogP) is 2.81. The van der Waals surface area contributed by atoms with Gasteiger partial charge >= 0.3 is 0 Å². The molecule has 0 bridgehead atoms. The van der Waals surface area contributed by atoms with E-state index in [0.29, 0.717) is 6.42 Å². The van der Waals surface area contributed by atoms with Gasteiger partial charge in [-0.3, -0.25) is 0 Å². The molecule has 0 fully saturated rings. The minimum atomic E-state index is 0.146. The number of aliphatic hydroxyl groups excluding tert-OH is 1. The second-order valence-electron chi connectivity index (χ2n) is 4.34. The molecule has 2 aromatic rings. The number of nitrogens with one attached hydrogen (secondary N) is 1. The molecular formula is C17H17NO. The topological polar surface area (TPSA) is 32.3 Å². The van der Waals surface area contributed by atoms with Crippen LogP contribution in [0.2, 0.25) is 0 Å². The van der Waals surface area contributed by atoms with Gasteiger partial charge in [0.1, 0.15) is 0 Å². The lowest BCUT2D eigenvalue weighted by atomic mass is 10.1. The summed E-state index contributed by atoms with van der Waals surface area (Å²) in [5, 5.41) is 12.3. The molecule has 2 rings (SSSR count). The van der Waals surface area contributed by atoms with E-state index >= 15 is 0 Å². The van der Waals surface area contributed by atoms with Crippen LogP contribution in [0.3, 0.4) is 0 Å². The zero-order valence-electron chi connectivity index (χ0n) is 10.8. The summed E-state index contributed by atoms with van der Waals surface area (Å²) in [4.78, 5) is 0. The van der Waals surface area contributed by atoms with Crippen molar-refractivity contribution in [2.75, 3.05) is 11.9 Å². The Morgan fingerprint density at radius 1 is 1.05 bits per heavy atom. The van der Waals surface area contributed by atoms with E-state index < -0.39 is 0 Å². The summed E-state index contributed by atoms with van der Waals surface area (Å²) < 4.78 is 0. The molecule has 2 nitrogen and oxygen atoms in total. The maximum atomic E-state index is 8.98. The van der Waals surface area contributed by atoms with E-state index in [1.807, 2.05) is 36.4 Å². The Morgan fingerprint density at radius 2 is 1.84 bits per heavy atom. The Labute approximate surface area is 114 Å². The molecule has 0 saturated carbocycles. The molecule has 2 N–H and O–H groups in total. The highest BCUT2D eigenvalue weighted by molar-refractivity contribution is 5.60. The van der Waals surface area contributed by atoms with Crippen molar-refractivity contribution in [3.8, 4) is 12.3 Å². The normalized spacial score (nSPS) is 9.89. The lowest BCUT2D eigenvalue weighted by Crippen LogP contribution is -2.02. The first kappa shape index (κ1) is 13.2. The highest BCUT2D eigenvalue weighted by atomic mass is 16.2. The molecule has 0 amide bonds. The van der Waals surface area contributed by atoms with Crippen LogP contribution in [0.15, 0.2) is 48.5 Å². The van der Waals surface area contributed by atoms with E-state index in [2.05, 4.69) is 23.4 Å². The third-order valence-corrected chi connectivity index (χ3v) is 2.97. The van der Waals surface area contributed by atoms with Gasteiger partial charge in [-0.1, -0.05) is 42.3 Å². The first-order valence-corrected chi connectivity index (χ1v) is 6.31. The van der Waals surface area contributed by atoms with Gasteiger partial charge in [0, 0.05) is 18.7 Å². The smallest absolute Gasteiger partial charge is 0.0504 e. The highest BCUT2D eigenvalue weighted by Gasteiger charge is 2.02. The number of aliphatic hydroxyl groups is 1. The van der Waals surface area contributed by atoms with Gasteiger partial charge in [0.2, 0.25) is 0 Å². The van der Waals surface area contributed by atoms with E-state index in [-0.39, 0.29) is 6.61 Å². The number of rotatable bonds is 5. The predicted molar refractivity (Wildman–Crippen MR) is 78.9 cm³/mol. The van der Waals surface area contributed by atoms with Crippen molar-refractivity contribution in [1.29, 1.82) is 0 Å². The van der Waals surface area contributed by atoms with Gasteiger partial charge in [0.25, 0.3) is 0 Å². The molecule has 0 heterocycles. The summed E-state index contributed by atoms with van der Waals surface area (Å²) >= 11 is 0. The molecule has 0 aliphatic carbocycles. The maximum Gasteiger partial charge on any atom is 0.0504 e. The van der Waals surface area contributed by atoms with Crippen LogP contribution < -0.4 is 5.32 Å². The number of hydrogen-bond donors (Lipinski definition) is 2. The zero-order chi connectivity index (χ0) is 13.5. The van der Waals surface area contributed by atoms with Gasteiger partial charge in [-0.25, -0.2) is 0 Å². The van der Waals surface area contributed by atoms with Crippen molar-refractivity contribution in [3.05, 3.63) is 65.2 Å². The second-order valence-corrected chi connectivity index (χ2v) is 4.34. The zero-order valence-corrected chi connectivity index (χ0v) is 10.8. The fraction of sp³-hybridized carbons (Fsp3) is 0.176. The average molecular weight is 251 g/mol. The lowest BCUT2D eigenvalue weighted by Gasteiger charge is -2.11. The summed E-state index contributed by atoms with van der Waals surface area (Å²) in [6.07, 6.45) is 6.15. The molecular weight excluding hydrogens is 234 g/mol. The molecule has 0 saturated heterocycles. The number of anilines is 1. The molecule has 0 aromatic heterocycles. The molecule has 0 atom stereocenters. The lowest BCUT2D eigenvalue weighted by molar-refractivity contribution is 0.299. The van der Waals surface area contributed by atoms with E-state index in [1.165, 1.54) is 5.56 Å². The first-order chi connectivity index (χ1) is 9.33. The average Bonchev–Trinajstić information content (AvgIpc) is 2.47. The van der Waals surface area contributed by atoms with Crippen LogP contribution in [0.25, 0.3) is 0 Å². The standard InChI is InChI=1S/C17H17NO/c1-2-16-9-8-14(10-11-19)12-17(16)18-13-15-6-4-3-5-7-15/h1,3-9,12,18-19H,10-11,13H2. The molecule has 0 aliphatic rings. The van der Waals surface area contributed by atoms with Crippen molar-refractivity contribution in [3.63, 3.8) is 0 Å². The van der Waals surface area contributed by atoms with Gasteiger partial charge in [-0.15, -0.1) is 6.42 Å². The second kappa shape index (κ2) is 6.63. The third kappa shape index (κ3) is 3.61. The van der Waals surface area contributed by atoms with E-state index in [4.69, 9.17) is 11.5 Å². The molecule has 2 aromatic carbocycles. The maximum absolute atomic E-state index is 8.98. The summed E-state index contributed by atoms with van der Waals surface area (Å²) in [5.74, 6) is 2.68. The fourth-order valence-electron chi connectivity index (χ4n) is 1.94. The molecule has 0 aliphatic heterocycles. The van der Waals surface area contributed by atoms with Gasteiger partial charge in [0.05, 0.1) is 5.69 Å². The summed E-state index contributed by atoms with van der Waals surface area (Å²) in [6.45, 7) is 0.881. The number of terminal acetylenes is 1. The number of hydrogen-bond acceptors (Lipinski definition) is 2. The van der Waals surface area contributed by atoms with E-state index in [1.54, 1.807) is 0 Å². The minimum absolute atomic E-state index is 0.146. The van der Waals surface area contributed by atoms with E-state index in [0.717, 1.165) is 23.4 Å². The van der Waals surface area contributed by atoms with Crippen molar-refractivity contribution in [1.82, 2.24) is 0 Å². The first-order valence-electron chi connectivity index (χ1n) is 6.31. The van der Waals surface area contributed by atoms with Crippen LogP contribution in [0.5, 0.6) is 0 Å². The molecule has 96 valence electrons. The van der Waals surface area contributed by atoms with Crippen molar-refractivity contribution < 1.29 is 5.11 Å². The monoisotopic (exact) mass is 251 g/mol. The Morgan fingerprint density at radius 3 is 2.53 bits per heavy atom. The quantitative estimate of drug-likeness (QED) is 0.801. The van der Waals surface area contributed by atoms with Crippen LogP contribution in [-0.2, 0) is 13.0 Å². The Bertz CT molecular complexity index is 570. The summed E-state index contributed by atoms with van der Waals surface area (Å²) in [6, 6.07) is 16.0. The van der Waals surface area contributed by atoms with Crippen LogP contribution in [0.1, 0.15) is 16.7 Å². The van der Waals surface area contributed by atoms with Crippen LogP contribution in [0.4, 0.5) is 5.69 Å². The molecule has 19 heavy (non-hydrogen) atoms. The van der Waals surface area contributed by atoms with Gasteiger partial charge in [-0.2, -0.15) is 0 Å². The Hall–Kier alpha value is -2.24. The Balaban J connectivity index is 2.14. The molecule has 0 radical (unpaired) electrons. The highest BCUT2D eigenvalue weighted by Crippen LogP contribution is 2.18. The Kier molecular flexibility index (Phi) is 4.60. The SMILES string of the molecule is C#Cc1ccc(CCO)cc1NCc1ccccc1.